The van der Waals surface area contributed by atoms with Gasteiger partial charge >= 0.3 is 0 Å². The molecule has 2 rings (SSSR count). The predicted octanol–water partition coefficient (Wildman–Crippen LogP) is 2.66. The lowest BCUT2D eigenvalue weighted by Crippen LogP contribution is -2.33. The first kappa shape index (κ1) is 15.5. The number of hydrogen-bond donors (Lipinski definition) is 2. The Kier molecular flexibility index (Phi) is 5.57. The van der Waals surface area contributed by atoms with Gasteiger partial charge in [-0.1, -0.05) is 11.6 Å². The van der Waals surface area contributed by atoms with Crippen molar-refractivity contribution in [1.82, 2.24) is 5.32 Å². The first-order chi connectivity index (χ1) is 9.60. The number of alkyl halides is 2. The fourth-order valence-electron chi connectivity index (χ4n) is 2.14. The molecule has 0 spiro atoms. The van der Waals surface area contributed by atoms with E-state index in [4.69, 9.17) is 16.7 Å². The van der Waals surface area contributed by atoms with E-state index in [2.05, 4.69) is 5.32 Å². The molecule has 0 bridgehead atoms. The highest BCUT2D eigenvalue weighted by Crippen LogP contribution is 2.27. The number of hydrogen-bond acceptors (Lipinski definition) is 3. The van der Waals surface area contributed by atoms with Crippen molar-refractivity contribution in [3.63, 3.8) is 0 Å². The average molecular weight is 305 g/mol. The summed E-state index contributed by atoms with van der Waals surface area (Å²) in [6, 6.07) is 5.75. The molecule has 1 aliphatic carbocycles. The largest absolute Gasteiger partial charge is 0.395 e. The van der Waals surface area contributed by atoms with Gasteiger partial charge in [-0.3, -0.25) is 0 Å². The molecule has 1 aliphatic rings. The maximum absolute atomic E-state index is 12.7. The van der Waals surface area contributed by atoms with Gasteiger partial charge in [0.05, 0.1) is 13.2 Å². The molecule has 1 aromatic carbocycles. The topological polar surface area (TPSA) is 35.5 Å². The summed E-state index contributed by atoms with van der Waals surface area (Å²) in [6.45, 7) is 0.234. The monoisotopic (exact) mass is 304 g/mol. The average Bonchev–Trinajstić information content (AvgIpc) is 3.19. The van der Waals surface area contributed by atoms with Crippen molar-refractivity contribution in [3.05, 3.63) is 28.8 Å². The van der Waals surface area contributed by atoms with E-state index in [9.17, 15) is 8.78 Å². The molecule has 1 fully saturated rings. The molecule has 6 heteroatoms. The van der Waals surface area contributed by atoms with Crippen molar-refractivity contribution in [3.8, 4) is 0 Å². The summed E-state index contributed by atoms with van der Waals surface area (Å²) in [7, 11) is 0. The van der Waals surface area contributed by atoms with Crippen LogP contribution in [0, 0.1) is 0 Å². The van der Waals surface area contributed by atoms with Crippen LogP contribution in [0.3, 0.4) is 0 Å². The van der Waals surface area contributed by atoms with Crippen molar-refractivity contribution >= 4 is 17.3 Å². The van der Waals surface area contributed by atoms with Crippen LogP contribution in [0.15, 0.2) is 18.2 Å². The highest BCUT2D eigenvalue weighted by molar-refractivity contribution is 6.30. The van der Waals surface area contributed by atoms with Crippen molar-refractivity contribution in [2.45, 2.75) is 31.9 Å². The predicted molar refractivity (Wildman–Crippen MR) is 76.6 cm³/mol. The third-order valence-electron chi connectivity index (χ3n) is 3.27. The summed E-state index contributed by atoms with van der Waals surface area (Å²) in [5.74, 6) is 0. The second kappa shape index (κ2) is 7.20. The molecule has 3 nitrogen and oxygen atoms in total. The molecule has 0 unspecified atom stereocenters. The zero-order chi connectivity index (χ0) is 14.5. The summed E-state index contributed by atoms with van der Waals surface area (Å²) >= 11 is 5.99. The minimum absolute atomic E-state index is 0.162. The maximum atomic E-state index is 12.7. The Morgan fingerprint density at radius 2 is 2.15 bits per heavy atom. The van der Waals surface area contributed by atoms with E-state index in [1.165, 1.54) is 4.90 Å². The van der Waals surface area contributed by atoms with Crippen LogP contribution >= 0.6 is 11.6 Å². The van der Waals surface area contributed by atoms with Crippen LogP contribution in [-0.4, -0.2) is 37.3 Å². The summed E-state index contributed by atoms with van der Waals surface area (Å²) in [4.78, 5) is 1.50. The van der Waals surface area contributed by atoms with E-state index < -0.39 is 13.0 Å². The standard InChI is InChI=1S/C14H19ClF2N2O/c15-11-1-4-13(19(5-6-20)9-14(16)17)10(7-11)8-18-12-2-3-12/h1,4,7,12,14,18,20H,2-3,5-6,8-9H2. The Hall–Kier alpha value is -0.910. The molecule has 0 amide bonds. The first-order valence-electron chi connectivity index (χ1n) is 6.76. The van der Waals surface area contributed by atoms with Gasteiger partial charge in [-0.25, -0.2) is 8.78 Å². The van der Waals surface area contributed by atoms with Gasteiger partial charge in [-0.2, -0.15) is 0 Å². The van der Waals surface area contributed by atoms with Crippen LogP contribution in [0.25, 0.3) is 0 Å². The second-order valence-electron chi connectivity index (χ2n) is 4.99. The molecular formula is C14H19ClF2N2O. The van der Waals surface area contributed by atoms with Gasteiger partial charge in [0.25, 0.3) is 6.43 Å². The van der Waals surface area contributed by atoms with E-state index in [1.807, 2.05) is 0 Å². The van der Waals surface area contributed by atoms with Crippen LogP contribution in [0.1, 0.15) is 18.4 Å². The van der Waals surface area contributed by atoms with Crippen molar-refractivity contribution in [1.29, 1.82) is 0 Å². The number of benzene rings is 1. The Balaban J connectivity index is 2.16. The summed E-state index contributed by atoms with van der Waals surface area (Å²) < 4.78 is 25.3. The normalized spacial score (nSPS) is 14.8. The van der Waals surface area contributed by atoms with E-state index in [-0.39, 0.29) is 13.2 Å². The van der Waals surface area contributed by atoms with Crippen molar-refractivity contribution in [2.75, 3.05) is 24.6 Å². The molecule has 2 N–H and O–H groups in total. The van der Waals surface area contributed by atoms with Gasteiger partial charge in [0.1, 0.15) is 0 Å². The second-order valence-corrected chi connectivity index (χ2v) is 5.43. The minimum Gasteiger partial charge on any atom is -0.395 e. The Bertz CT molecular complexity index is 441. The highest BCUT2D eigenvalue weighted by Gasteiger charge is 2.22. The quantitative estimate of drug-likeness (QED) is 0.775. The van der Waals surface area contributed by atoms with Gasteiger partial charge in [0, 0.05) is 29.8 Å². The molecule has 1 aromatic rings. The fraction of sp³-hybridized carbons (Fsp3) is 0.571. The lowest BCUT2D eigenvalue weighted by Gasteiger charge is -2.26. The minimum atomic E-state index is -2.44. The third kappa shape index (κ3) is 4.58. The maximum Gasteiger partial charge on any atom is 0.255 e. The van der Waals surface area contributed by atoms with Gasteiger partial charge in [0.2, 0.25) is 0 Å². The first-order valence-corrected chi connectivity index (χ1v) is 7.13. The molecule has 20 heavy (non-hydrogen) atoms. The molecule has 0 radical (unpaired) electrons. The summed E-state index contributed by atoms with van der Waals surface area (Å²) in [6.07, 6.45) is -0.123. The van der Waals surface area contributed by atoms with Gasteiger partial charge in [-0.15, -0.1) is 0 Å². The Morgan fingerprint density at radius 1 is 1.40 bits per heavy atom. The van der Waals surface area contributed by atoms with Crippen LogP contribution in [-0.2, 0) is 6.54 Å². The Morgan fingerprint density at radius 3 is 2.75 bits per heavy atom. The van der Waals surface area contributed by atoms with Crippen LogP contribution in [0.5, 0.6) is 0 Å². The molecule has 1 saturated carbocycles. The number of aliphatic hydroxyl groups excluding tert-OH is 1. The number of nitrogens with zero attached hydrogens (tertiary/aromatic N) is 1. The molecule has 112 valence electrons. The van der Waals surface area contributed by atoms with Crippen molar-refractivity contribution < 1.29 is 13.9 Å². The summed E-state index contributed by atoms with van der Waals surface area (Å²) in [5, 5.41) is 13.0. The molecule has 0 saturated heterocycles. The number of aliphatic hydroxyl groups is 1. The van der Waals surface area contributed by atoms with Gasteiger partial charge in [0.15, 0.2) is 0 Å². The number of nitrogens with one attached hydrogen (secondary N) is 1. The highest BCUT2D eigenvalue weighted by atomic mass is 35.5. The lowest BCUT2D eigenvalue weighted by atomic mass is 10.1. The third-order valence-corrected chi connectivity index (χ3v) is 3.50. The molecule has 0 aromatic heterocycles. The van der Waals surface area contributed by atoms with Gasteiger partial charge < -0.3 is 15.3 Å². The number of rotatable bonds is 8. The number of halogens is 3. The van der Waals surface area contributed by atoms with E-state index in [0.29, 0.717) is 23.3 Å². The SMILES string of the molecule is OCCN(CC(F)F)c1ccc(Cl)cc1CNC1CC1. The molecule has 0 heterocycles. The van der Waals surface area contributed by atoms with Crippen LogP contribution in [0.4, 0.5) is 14.5 Å². The van der Waals surface area contributed by atoms with Crippen LogP contribution in [0.2, 0.25) is 5.02 Å². The zero-order valence-corrected chi connectivity index (χ0v) is 11.9. The fourth-order valence-corrected chi connectivity index (χ4v) is 2.34. The van der Waals surface area contributed by atoms with E-state index >= 15 is 0 Å². The smallest absolute Gasteiger partial charge is 0.255 e. The zero-order valence-electron chi connectivity index (χ0n) is 11.2. The van der Waals surface area contributed by atoms with E-state index in [1.54, 1.807) is 18.2 Å². The molecular weight excluding hydrogens is 286 g/mol. The van der Waals surface area contributed by atoms with E-state index in [0.717, 1.165) is 18.4 Å². The van der Waals surface area contributed by atoms with Crippen molar-refractivity contribution in [2.24, 2.45) is 0 Å². The van der Waals surface area contributed by atoms with Crippen LogP contribution < -0.4 is 10.2 Å². The Labute approximate surface area is 122 Å². The number of anilines is 1. The summed E-state index contributed by atoms with van der Waals surface area (Å²) in [5.41, 5.74) is 1.59. The van der Waals surface area contributed by atoms with Gasteiger partial charge in [-0.05, 0) is 36.6 Å². The lowest BCUT2D eigenvalue weighted by molar-refractivity contribution is 0.152. The molecule has 0 atom stereocenters. The molecule has 0 aliphatic heterocycles.